The number of hydrogen-bond acceptors (Lipinski definition) is 1. The molecule has 0 saturated heterocycles. The van der Waals surface area contributed by atoms with Crippen molar-refractivity contribution in [3.63, 3.8) is 0 Å². The first-order valence-corrected chi connectivity index (χ1v) is 6.23. The van der Waals surface area contributed by atoms with Gasteiger partial charge in [0.1, 0.15) is 5.65 Å². The third-order valence-corrected chi connectivity index (χ3v) is 3.23. The van der Waals surface area contributed by atoms with Gasteiger partial charge in [0.25, 0.3) is 0 Å². The van der Waals surface area contributed by atoms with Crippen LogP contribution in [0.25, 0.3) is 16.9 Å². The quantitative estimate of drug-likeness (QED) is 0.630. The Morgan fingerprint density at radius 3 is 2.78 bits per heavy atom. The molecule has 0 bridgehead atoms. The van der Waals surface area contributed by atoms with Gasteiger partial charge in [-0.2, -0.15) is 0 Å². The molecule has 0 fully saturated rings. The van der Waals surface area contributed by atoms with Crippen molar-refractivity contribution < 1.29 is 17.0 Å². The second-order valence-electron chi connectivity index (χ2n) is 4.11. The highest BCUT2D eigenvalue weighted by molar-refractivity contribution is 9.10. The minimum Gasteiger partial charge on any atom is -1.00 e. The van der Waals surface area contributed by atoms with Gasteiger partial charge in [0.2, 0.25) is 0 Å². The first-order valence-electron chi connectivity index (χ1n) is 5.44. The van der Waals surface area contributed by atoms with Crippen LogP contribution >= 0.6 is 15.9 Å². The predicted octanol–water partition coefficient (Wildman–Crippen LogP) is 1.08. The lowest BCUT2D eigenvalue weighted by Gasteiger charge is -1.95. The van der Waals surface area contributed by atoms with Gasteiger partial charge in [-0.1, -0.05) is 28.1 Å². The Hall–Kier alpha value is -1.13. The lowest BCUT2D eigenvalue weighted by Crippen LogP contribution is -3.00. The maximum atomic E-state index is 4.63. The first-order chi connectivity index (χ1) is 8.22. The molecule has 0 aliphatic carbocycles. The summed E-state index contributed by atoms with van der Waals surface area (Å²) in [5.74, 6) is 0. The number of benzene rings is 1. The zero-order valence-corrected chi connectivity index (χ0v) is 12.9. The van der Waals surface area contributed by atoms with E-state index >= 15 is 0 Å². The maximum absolute atomic E-state index is 4.63. The third-order valence-electron chi connectivity index (χ3n) is 2.74. The van der Waals surface area contributed by atoms with Crippen molar-refractivity contribution in [3.8, 4) is 11.3 Å². The van der Waals surface area contributed by atoms with Gasteiger partial charge in [0.15, 0.2) is 0 Å². The summed E-state index contributed by atoms with van der Waals surface area (Å²) >= 11 is 3.48. The second kappa shape index (κ2) is 5.24. The third kappa shape index (κ3) is 2.49. The predicted molar refractivity (Wildman–Crippen MR) is 73.1 cm³/mol. The summed E-state index contributed by atoms with van der Waals surface area (Å²) in [6, 6.07) is 12.4. The van der Waals surface area contributed by atoms with Crippen LogP contribution in [-0.4, -0.2) is 9.38 Å². The van der Waals surface area contributed by atoms with E-state index in [0.717, 1.165) is 21.4 Å². The molecule has 2 nitrogen and oxygen atoms in total. The first kappa shape index (κ1) is 13.3. The summed E-state index contributed by atoms with van der Waals surface area (Å²) in [6.45, 7) is 2.08. The fraction of sp³-hybridized carbons (Fsp3) is 0.0714. The van der Waals surface area contributed by atoms with E-state index in [1.807, 2.05) is 22.7 Å². The average Bonchev–Trinajstić information content (AvgIpc) is 2.72. The molecular formula is C14H11Br2N2-. The van der Waals surface area contributed by atoms with Crippen molar-refractivity contribution in [2.24, 2.45) is 0 Å². The van der Waals surface area contributed by atoms with Crippen LogP contribution in [0.1, 0.15) is 5.56 Å². The van der Waals surface area contributed by atoms with E-state index < -0.39 is 0 Å². The summed E-state index contributed by atoms with van der Waals surface area (Å²) in [7, 11) is 0. The van der Waals surface area contributed by atoms with Crippen molar-refractivity contribution >= 4 is 21.6 Å². The Labute approximate surface area is 125 Å². The molecule has 0 radical (unpaired) electrons. The second-order valence-corrected chi connectivity index (χ2v) is 5.02. The molecule has 0 unspecified atom stereocenters. The molecular weight excluding hydrogens is 356 g/mol. The fourth-order valence-corrected chi connectivity index (χ4v) is 2.27. The molecule has 18 heavy (non-hydrogen) atoms. The van der Waals surface area contributed by atoms with Crippen LogP contribution in [0.4, 0.5) is 0 Å². The van der Waals surface area contributed by atoms with E-state index in [9.17, 15) is 0 Å². The maximum Gasteiger partial charge on any atom is 0.137 e. The van der Waals surface area contributed by atoms with Gasteiger partial charge in [-0.25, -0.2) is 4.98 Å². The van der Waals surface area contributed by atoms with Crippen LogP contribution < -0.4 is 17.0 Å². The van der Waals surface area contributed by atoms with Crippen LogP contribution in [0.3, 0.4) is 0 Å². The zero-order chi connectivity index (χ0) is 11.8. The van der Waals surface area contributed by atoms with Crippen LogP contribution in [0.5, 0.6) is 0 Å². The molecule has 3 aromatic rings. The van der Waals surface area contributed by atoms with Gasteiger partial charge in [-0.05, 0) is 36.8 Å². The van der Waals surface area contributed by atoms with Gasteiger partial charge in [-0.3, -0.25) is 0 Å². The molecule has 0 N–H and O–H groups in total. The van der Waals surface area contributed by atoms with Crippen molar-refractivity contribution in [3.05, 3.63) is 58.8 Å². The Morgan fingerprint density at radius 1 is 1.17 bits per heavy atom. The number of halogens is 2. The Kier molecular flexibility index (Phi) is 3.88. The summed E-state index contributed by atoms with van der Waals surface area (Å²) < 4.78 is 3.12. The van der Waals surface area contributed by atoms with Gasteiger partial charge in [-0.15, -0.1) is 0 Å². The monoisotopic (exact) mass is 365 g/mol. The minimum atomic E-state index is 0. The number of imidazole rings is 1. The molecule has 2 heterocycles. The van der Waals surface area contributed by atoms with Crippen molar-refractivity contribution in [1.29, 1.82) is 0 Å². The molecule has 2 aromatic heterocycles. The Balaban J connectivity index is 0.00000120. The van der Waals surface area contributed by atoms with Gasteiger partial charge in [0, 0.05) is 22.4 Å². The van der Waals surface area contributed by atoms with Crippen LogP contribution in [0.15, 0.2) is 53.3 Å². The van der Waals surface area contributed by atoms with E-state index in [1.165, 1.54) is 5.56 Å². The number of aromatic nitrogens is 2. The SMILES string of the molecule is Cc1ccn2cc(-c3cccc(Br)c3)nc2c1.[Br-]. The highest BCUT2D eigenvalue weighted by Gasteiger charge is 2.04. The Morgan fingerprint density at radius 2 is 2.00 bits per heavy atom. The lowest BCUT2D eigenvalue weighted by atomic mass is 10.2. The summed E-state index contributed by atoms with van der Waals surface area (Å²) in [5, 5.41) is 0. The van der Waals surface area contributed by atoms with Gasteiger partial charge < -0.3 is 21.4 Å². The molecule has 0 spiro atoms. The smallest absolute Gasteiger partial charge is 0.137 e. The number of hydrogen-bond donors (Lipinski definition) is 0. The van der Waals surface area contributed by atoms with E-state index in [0.29, 0.717) is 0 Å². The van der Waals surface area contributed by atoms with E-state index in [2.05, 4.69) is 58.3 Å². The number of nitrogens with zero attached hydrogens (tertiary/aromatic N) is 2. The van der Waals surface area contributed by atoms with E-state index in [-0.39, 0.29) is 17.0 Å². The fourth-order valence-electron chi connectivity index (χ4n) is 1.87. The molecule has 92 valence electrons. The lowest BCUT2D eigenvalue weighted by molar-refractivity contribution is -0.00000341. The molecule has 0 atom stereocenters. The zero-order valence-electron chi connectivity index (χ0n) is 9.77. The van der Waals surface area contributed by atoms with Crippen molar-refractivity contribution in [1.82, 2.24) is 9.38 Å². The van der Waals surface area contributed by atoms with Crippen LogP contribution in [0, 0.1) is 6.92 Å². The van der Waals surface area contributed by atoms with Crippen LogP contribution in [0.2, 0.25) is 0 Å². The van der Waals surface area contributed by atoms with Gasteiger partial charge in [0.05, 0.1) is 5.69 Å². The average molecular weight is 367 g/mol. The topological polar surface area (TPSA) is 17.3 Å². The van der Waals surface area contributed by atoms with E-state index in [4.69, 9.17) is 0 Å². The number of aryl methyl sites for hydroxylation is 1. The highest BCUT2D eigenvalue weighted by atomic mass is 79.9. The summed E-state index contributed by atoms with van der Waals surface area (Å²) in [4.78, 5) is 4.63. The molecule has 0 saturated carbocycles. The number of rotatable bonds is 1. The molecule has 3 rings (SSSR count). The van der Waals surface area contributed by atoms with Crippen molar-refractivity contribution in [2.45, 2.75) is 6.92 Å². The molecule has 0 aliphatic heterocycles. The number of pyridine rings is 1. The summed E-state index contributed by atoms with van der Waals surface area (Å²) in [6.07, 6.45) is 4.09. The largest absolute Gasteiger partial charge is 1.00 e. The standard InChI is InChI=1S/C14H11BrN2.BrH/c1-10-5-6-17-9-13(16-14(17)7-10)11-3-2-4-12(15)8-11;/h2-9H,1H3;1H/p-1. The highest BCUT2D eigenvalue weighted by Crippen LogP contribution is 2.22. The number of fused-ring (bicyclic) bond motifs is 1. The van der Waals surface area contributed by atoms with Crippen molar-refractivity contribution in [2.75, 3.05) is 0 Å². The molecule has 0 aliphatic rings. The molecule has 0 amide bonds. The van der Waals surface area contributed by atoms with Crippen LogP contribution in [-0.2, 0) is 0 Å². The summed E-state index contributed by atoms with van der Waals surface area (Å²) in [5.41, 5.74) is 4.33. The minimum absolute atomic E-state index is 0. The van der Waals surface area contributed by atoms with E-state index in [1.54, 1.807) is 0 Å². The molecule has 1 aromatic carbocycles. The molecule has 4 heteroatoms. The Bertz CT molecular complexity index is 689. The normalized spacial score (nSPS) is 10.3. The van der Waals surface area contributed by atoms with Gasteiger partial charge >= 0.3 is 0 Å².